The molecule has 1 aromatic carbocycles. The van der Waals surface area contributed by atoms with Crippen LogP contribution in [0, 0.1) is 5.41 Å². The summed E-state index contributed by atoms with van der Waals surface area (Å²) in [5.74, 6) is 0. The van der Waals surface area contributed by atoms with Crippen LogP contribution >= 0.6 is 0 Å². The summed E-state index contributed by atoms with van der Waals surface area (Å²) in [5, 5.41) is 9.12. The summed E-state index contributed by atoms with van der Waals surface area (Å²) in [6, 6.07) is 8.33. The molecular formula is C13H16N2. The first-order valence-electron chi connectivity index (χ1n) is 5.35. The van der Waals surface area contributed by atoms with E-state index < -0.39 is 0 Å². The molecule has 0 saturated heterocycles. The zero-order chi connectivity index (χ0) is 10.8. The number of rotatable bonds is 3. The largest absolute Gasteiger partial charge is 0.351 e. The van der Waals surface area contributed by atoms with Crippen molar-refractivity contribution in [2.45, 2.75) is 19.8 Å². The van der Waals surface area contributed by atoms with Gasteiger partial charge in [-0.1, -0.05) is 19.4 Å². The Morgan fingerprint density at radius 3 is 2.87 bits per heavy atom. The second kappa shape index (κ2) is 3.89. The van der Waals surface area contributed by atoms with Gasteiger partial charge in [0.25, 0.3) is 0 Å². The molecule has 0 bridgehead atoms. The average Bonchev–Trinajstić information content (AvgIpc) is 2.60. The molecule has 0 saturated carbocycles. The van der Waals surface area contributed by atoms with Crippen molar-refractivity contribution in [3.8, 4) is 0 Å². The smallest absolute Gasteiger partial charge is 0.0478 e. The Morgan fingerprint density at radius 1 is 1.33 bits per heavy atom. The van der Waals surface area contributed by atoms with Crippen molar-refractivity contribution < 1.29 is 0 Å². The Labute approximate surface area is 90.0 Å². The zero-order valence-corrected chi connectivity index (χ0v) is 9.25. The molecule has 0 fully saturated rings. The lowest BCUT2D eigenvalue weighted by molar-refractivity contribution is 0.969. The van der Waals surface area contributed by atoms with Crippen molar-refractivity contribution >= 4 is 16.6 Å². The molecule has 0 aliphatic rings. The lowest BCUT2D eigenvalue weighted by atomic mass is 10.0. The van der Waals surface area contributed by atoms with Crippen LogP contribution in [0.3, 0.4) is 0 Å². The third kappa shape index (κ3) is 1.80. The van der Waals surface area contributed by atoms with Crippen molar-refractivity contribution in [1.29, 1.82) is 5.41 Å². The minimum Gasteiger partial charge on any atom is -0.351 e. The molecule has 2 aromatic rings. The quantitative estimate of drug-likeness (QED) is 0.736. The molecule has 0 unspecified atom stereocenters. The summed E-state index contributed by atoms with van der Waals surface area (Å²) < 4.78 is 2.10. The molecule has 2 rings (SSSR count). The highest BCUT2D eigenvalue weighted by Gasteiger charge is 2.03. The highest BCUT2D eigenvalue weighted by Crippen LogP contribution is 2.17. The minimum absolute atomic E-state index is 0.739. The SMILES string of the molecule is CCCC(=N)c1ccc2c(ccn2C)c1. The molecule has 0 radical (unpaired) electrons. The van der Waals surface area contributed by atoms with Crippen LogP contribution in [0.5, 0.6) is 0 Å². The standard InChI is InChI=1S/C13H16N2/c1-3-4-12(14)10-5-6-13-11(9-10)7-8-15(13)2/h5-9,14H,3-4H2,1-2H3. The molecule has 0 aliphatic heterocycles. The first-order valence-corrected chi connectivity index (χ1v) is 5.35. The van der Waals surface area contributed by atoms with E-state index in [-0.39, 0.29) is 0 Å². The van der Waals surface area contributed by atoms with Crippen LogP contribution in [-0.2, 0) is 7.05 Å². The lowest BCUT2D eigenvalue weighted by Crippen LogP contribution is -1.97. The van der Waals surface area contributed by atoms with Gasteiger partial charge in [-0.25, -0.2) is 0 Å². The summed E-state index contributed by atoms with van der Waals surface area (Å²) in [6.45, 7) is 2.11. The van der Waals surface area contributed by atoms with Crippen molar-refractivity contribution in [3.05, 3.63) is 36.0 Å². The number of hydrogen-bond acceptors (Lipinski definition) is 1. The van der Waals surface area contributed by atoms with Gasteiger partial charge in [-0.2, -0.15) is 0 Å². The van der Waals surface area contributed by atoms with E-state index in [9.17, 15) is 0 Å². The Bertz CT molecular complexity index is 494. The molecule has 2 nitrogen and oxygen atoms in total. The number of nitrogens with zero attached hydrogens (tertiary/aromatic N) is 1. The molecule has 0 spiro atoms. The lowest BCUT2D eigenvalue weighted by Gasteiger charge is -2.03. The summed E-state index contributed by atoms with van der Waals surface area (Å²) in [5.41, 5.74) is 3.02. The Balaban J connectivity index is 2.43. The van der Waals surface area contributed by atoms with Crippen molar-refractivity contribution in [2.75, 3.05) is 0 Å². The maximum Gasteiger partial charge on any atom is 0.0478 e. The fourth-order valence-electron chi connectivity index (χ4n) is 1.86. The number of aromatic nitrogens is 1. The van der Waals surface area contributed by atoms with E-state index in [0.29, 0.717) is 0 Å². The van der Waals surface area contributed by atoms with Gasteiger partial charge < -0.3 is 9.98 Å². The van der Waals surface area contributed by atoms with Crippen LogP contribution in [0.2, 0.25) is 0 Å². The third-order valence-corrected chi connectivity index (χ3v) is 2.73. The van der Waals surface area contributed by atoms with Crippen LogP contribution in [0.15, 0.2) is 30.5 Å². The second-order valence-electron chi connectivity index (χ2n) is 3.93. The number of nitrogens with one attached hydrogen (secondary N) is 1. The van der Waals surface area contributed by atoms with Gasteiger partial charge in [0.05, 0.1) is 0 Å². The summed E-state index contributed by atoms with van der Waals surface area (Å²) >= 11 is 0. The van der Waals surface area contributed by atoms with Gasteiger partial charge in [-0.05, 0) is 30.2 Å². The number of fused-ring (bicyclic) bond motifs is 1. The van der Waals surface area contributed by atoms with Crippen LogP contribution in [-0.4, -0.2) is 10.3 Å². The normalized spacial score (nSPS) is 10.8. The number of benzene rings is 1. The molecule has 2 heteroatoms. The van der Waals surface area contributed by atoms with Crippen molar-refractivity contribution in [1.82, 2.24) is 4.57 Å². The van der Waals surface area contributed by atoms with Gasteiger partial charge in [0.2, 0.25) is 0 Å². The van der Waals surface area contributed by atoms with Gasteiger partial charge in [0.1, 0.15) is 0 Å². The second-order valence-corrected chi connectivity index (χ2v) is 3.93. The van der Waals surface area contributed by atoms with Gasteiger partial charge in [-0.15, -0.1) is 0 Å². The number of aryl methyl sites for hydroxylation is 1. The van der Waals surface area contributed by atoms with E-state index in [1.807, 2.05) is 13.1 Å². The average molecular weight is 200 g/mol. The first kappa shape index (κ1) is 9.97. The molecule has 0 atom stereocenters. The summed E-state index contributed by atoms with van der Waals surface area (Å²) in [4.78, 5) is 0. The van der Waals surface area contributed by atoms with Gasteiger partial charge >= 0.3 is 0 Å². The van der Waals surface area contributed by atoms with Crippen LogP contribution in [0.4, 0.5) is 0 Å². The Morgan fingerprint density at radius 2 is 2.13 bits per heavy atom. The first-order chi connectivity index (χ1) is 7.22. The Hall–Kier alpha value is -1.57. The molecule has 15 heavy (non-hydrogen) atoms. The molecule has 0 amide bonds. The third-order valence-electron chi connectivity index (χ3n) is 2.73. The van der Waals surface area contributed by atoms with E-state index >= 15 is 0 Å². The monoisotopic (exact) mass is 200 g/mol. The molecular weight excluding hydrogens is 184 g/mol. The topological polar surface area (TPSA) is 28.8 Å². The van der Waals surface area contributed by atoms with E-state index in [0.717, 1.165) is 24.1 Å². The zero-order valence-electron chi connectivity index (χ0n) is 9.25. The van der Waals surface area contributed by atoms with Crippen molar-refractivity contribution in [3.63, 3.8) is 0 Å². The summed E-state index contributed by atoms with van der Waals surface area (Å²) in [7, 11) is 2.04. The van der Waals surface area contributed by atoms with Crippen LogP contribution < -0.4 is 0 Å². The maximum absolute atomic E-state index is 7.90. The summed E-state index contributed by atoms with van der Waals surface area (Å²) in [6.07, 6.45) is 3.95. The highest BCUT2D eigenvalue weighted by atomic mass is 14.9. The van der Waals surface area contributed by atoms with Gasteiger partial charge in [-0.3, -0.25) is 0 Å². The Kier molecular flexibility index (Phi) is 2.58. The van der Waals surface area contributed by atoms with Crippen LogP contribution in [0.1, 0.15) is 25.3 Å². The molecule has 0 aliphatic carbocycles. The van der Waals surface area contributed by atoms with Crippen LogP contribution in [0.25, 0.3) is 10.9 Å². The van der Waals surface area contributed by atoms with Gasteiger partial charge in [0.15, 0.2) is 0 Å². The van der Waals surface area contributed by atoms with E-state index in [2.05, 4.69) is 35.9 Å². The van der Waals surface area contributed by atoms with E-state index in [4.69, 9.17) is 5.41 Å². The predicted molar refractivity (Wildman–Crippen MR) is 64.7 cm³/mol. The van der Waals surface area contributed by atoms with E-state index in [1.165, 1.54) is 10.9 Å². The maximum atomic E-state index is 7.90. The highest BCUT2D eigenvalue weighted by molar-refractivity contribution is 6.01. The van der Waals surface area contributed by atoms with Crippen molar-refractivity contribution in [2.24, 2.45) is 7.05 Å². The predicted octanol–water partition coefficient (Wildman–Crippen LogP) is 3.35. The molecule has 1 heterocycles. The fraction of sp³-hybridized carbons (Fsp3) is 0.308. The molecule has 1 N–H and O–H groups in total. The minimum atomic E-state index is 0.739. The fourth-order valence-corrected chi connectivity index (χ4v) is 1.86. The van der Waals surface area contributed by atoms with Gasteiger partial charge in [0, 0.05) is 29.9 Å². The molecule has 1 aromatic heterocycles. The number of hydrogen-bond donors (Lipinski definition) is 1. The van der Waals surface area contributed by atoms with E-state index in [1.54, 1.807) is 0 Å². The molecule has 78 valence electrons.